The van der Waals surface area contributed by atoms with Gasteiger partial charge in [0.05, 0.1) is 5.69 Å². The normalized spacial score (nSPS) is 10.9. The van der Waals surface area contributed by atoms with Crippen molar-refractivity contribution >= 4 is 23.1 Å². The van der Waals surface area contributed by atoms with Gasteiger partial charge in [-0.25, -0.2) is 4.98 Å². The Morgan fingerprint density at radius 3 is 2.65 bits per heavy atom. The predicted molar refractivity (Wildman–Crippen MR) is 99.3 cm³/mol. The molecule has 0 fully saturated rings. The molecule has 0 saturated heterocycles. The third-order valence-corrected chi connectivity index (χ3v) is 6.12. The third kappa shape index (κ3) is 3.77. The number of aromatic nitrogens is 1. The third-order valence-electron chi connectivity index (χ3n) is 3.72. The molecule has 4 heteroatoms. The Morgan fingerprint density at radius 2 is 1.91 bits per heavy atom. The molecule has 0 unspecified atom stereocenters. The summed E-state index contributed by atoms with van der Waals surface area (Å²) >= 11 is 3.56. The van der Waals surface area contributed by atoms with Gasteiger partial charge in [-0.1, -0.05) is 37.3 Å². The quantitative estimate of drug-likeness (QED) is 0.606. The van der Waals surface area contributed by atoms with Crippen LogP contribution >= 0.6 is 23.1 Å². The maximum Gasteiger partial charge on any atom is 0.123 e. The van der Waals surface area contributed by atoms with Crippen molar-refractivity contribution in [3.8, 4) is 16.3 Å². The van der Waals surface area contributed by atoms with Crippen molar-refractivity contribution in [1.82, 2.24) is 4.98 Å². The summed E-state index contributed by atoms with van der Waals surface area (Å²) in [5.74, 6) is 1.29. The Morgan fingerprint density at radius 1 is 1.13 bits per heavy atom. The van der Waals surface area contributed by atoms with Crippen molar-refractivity contribution in [2.75, 3.05) is 0 Å². The van der Waals surface area contributed by atoms with E-state index in [2.05, 4.69) is 32.0 Å². The highest BCUT2D eigenvalue weighted by Crippen LogP contribution is 2.33. The lowest BCUT2D eigenvalue weighted by Crippen LogP contribution is -1.84. The molecule has 23 heavy (non-hydrogen) atoms. The number of aryl methyl sites for hydroxylation is 2. The maximum absolute atomic E-state index is 9.78. The molecule has 0 saturated carbocycles. The number of phenolic OH excluding ortho intramolecular Hbond substituents is 1. The number of thiazole rings is 1. The second kappa shape index (κ2) is 7.20. The fraction of sp³-hybridized carbons (Fsp3) is 0.211. The molecule has 1 heterocycles. The molecule has 1 aromatic heterocycles. The van der Waals surface area contributed by atoms with Gasteiger partial charge in [0.2, 0.25) is 0 Å². The van der Waals surface area contributed by atoms with E-state index in [4.69, 9.17) is 4.98 Å². The topological polar surface area (TPSA) is 33.1 Å². The number of aromatic hydroxyl groups is 1. The highest BCUT2D eigenvalue weighted by Gasteiger charge is 2.10. The Hall–Kier alpha value is -1.78. The molecular formula is C19H19NOS2. The number of rotatable bonds is 5. The lowest BCUT2D eigenvalue weighted by molar-refractivity contribution is 0.468. The molecular weight excluding hydrogens is 322 g/mol. The zero-order valence-corrected chi connectivity index (χ0v) is 14.9. The van der Waals surface area contributed by atoms with Crippen molar-refractivity contribution in [3.63, 3.8) is 0 Å². The van der Waals surface area contributed by atoms with Gasteiger partial charge in [-0.2, -0.15) is 0 Å². The fourth-order valence-corrected chi connectivity index (χ4v) is 4.52. The van der Waals surface area contributed by atoms with Crippen LogP contribution in [0, 0.1) is 6.92 Å². The van der Waals surface area contributed by atoms with Gasteiger partial charge in [0.15, 0.2) is 0 Å². The van der Waals surface area contributed by atoms with Crippen molar-refractivity contribution in [3.05, 3.63) is 64.7 Å². The van der Waals surface area contributed by atoms with E-state index < -0.39 is 0 Å². The summed E-state index contributed by atoms with van der Waals surface area (Å²) in [6.45, 7) is 4.14. The Balaban J connectivity index is 1.75. The van der Waals surface area contributed by atoms with Crippen molar-refractivity contribution in [1.29, 1.82) is 0 Å². The number of thioether (sulfide) groups is 1. The van der Waals surface area contributed by atoms with Crippen LogP contribution in [-0.2, 0) is 12.2 Å². The largest absolute Gasteiger partial charge is 0.508 e. The highest BCUT2D eigenvalue weighted by molar-refractivity contribution is 7.98. The Labute approximate surface area is 145 Å². The number of nitrogens with zero attached hydrogens (tertiary/aromatic N) is 1. The lowest BCUT2D eigenvalue weighted by Gasteiger charge is -2.05. The van der Waals surface area contributed by atoms with Crippen LogP contribution in [0.2, 0.25) is 0 Å². The summed E-state index contributed by atoms with van der Waals surface area (Å²) in [5.41, 5.74) is 3.28. The second-order valence-corrected chi connectivity index (χ2v) is 7.46. The summed E-state index contributed by atoms with van der Waals surface area (Å²) < 4.78 is 0. The van der Waals surface area contributed by atoms with Gasteiger partial charge in [-0.3, -0.25) is 0 Å². The molecule has 0 amide bonds. The van der Waals surface area contributed by atoms with E-state index >= 15 is 0 Å². The SMILES string of the molecule is CCc1cc(SCc2sc(-c3ccccc3)nc2C)ccc1O. The smallest absolute Gasteiger partial charge is 0.123 e. The van der Waals surface area contributed by atoms with Crippen LogP contribution in [0.4, 0.5) is 0 Å². The molecule has 0 bridgehead atoms. The molecule has 0 aliphatic rings. The first kappa shape index (κ1) is 16.1. The fourth-order valence-electron chi connectivity index (χ4n) is 2.35. The summed E-state index contributed by atoms with van der Waals surface area (Å²) in [5, 5.41) is 10.9. The first-order valence-electron chi connectivity index (χ1n) is 7.63. The van der Waals surface area contributed by atoms with E-state index in [0.717, 1.165) is 28.4 Å². The lowest BCUT2D eigenvalue weighted by atomic mass is 10.1. The Bertz CT molecular complexity index is 796. The van der Waals surface area contributed by atoms with Crippen molar-refractivity contribution in [2.45, 2.75) is 30.9 Å². The molecule has 2 aromatic carbocycles. The average molecular weight is 342 g/mol. The summed E-state index contributed by atoms with van der Waals surface area (Å²) in [6.07, 6.45) is 0.845. The molecule has 0 radical (unpaired) electrons. The molecule has 118 valence electrons. The average Bonchev–Trinajstić information content (AvgIpc) is 2.96. The van der Waals surface area contributed by atoms with Crippen LogP contribution in [0.3, 0.4) is 0 Å². The number of phenols is 1. The van der Waals surface area contributed by atoms with Gasteiger partial charge in [-0.05, 0) is 37.1 Å². The second-order valence-electron chi connectivity index (χ2n) is 5.33. The highest BCUT2D eigenvalue weighted by atomic mass is 32.2. The van der Waals surface area contributed by atoms with Gasteiger partial charge in [0, 0.05) is 21.1 Å². The molecule has 3 rings (SSSR count). The van der Waals surface area contributed by atoms with Crippen LogP contribution in [-0.4, -0.2) is 10.1 Å². The Kier molecular flexibility index (Phi) is 5.03. The van der Waals surface area contributed by atoms with Crippen molar-refractivity contribution in [2.24, 2.45) is 0 Å². The zero-order valence-electron chi connectivity index (χ0n) is 13.2. The summed E-state index contributed by atoms with van der Waals surface area (Å²) in [6, 6.07) is 16.2. The molecule has 0 aliphatic carbocycles. The molecule has 2 nitrogen and oxygen atoms in total. The maximum atomic E-state index is 9.78. The van der Waals surface area contributed by atoms with Gasteiger partial charge in [-0.15, -0.1) is 23.1 Å². The molecule has 3 aromatic rings. The van der Waals surface area contributed by atoms with E-state index in [0.29, 0.717) is 5.75 Å². The van der Waals surface area contributed by atoms with Gasteiger partial charge in [0.25, 0.3) is 0 Å². The van der Waals surface area contributed by atoms with Gasteiger partial charge >= 0.3 is 0 Å². The molecule has 1 N–H and O–H groups in total. The first-order chi connectivity index (χ1) is 11.2. The minimum absolute atomic E-state index is 0.386. The van der Waals surface area contributed by atoms with E-state index in [9.17, 15) is 5.11 Å². The number of benzene rings is 2. The van der Waals surface area contributed by atoms with E-state index in [-0.39, 0.29) is 0 Å². The van der Waals surface area contributed by atoms with Gasteiger partial charge < -0.3 is 5.11 Å². The van der Waals surface area contributed by atoms with Crippen LogP contribution < -0.4 is 0 Å². The standard InChI is InChI=1S/C19H19NOS2/c1-3-14-11-16(9-10-17(14)21)22-12-18-13(2)20-19(23-18)15-7-5-4-6-8-15/h4-11,21H,3,12H2,1-2H3. The van der Waals surface area contributed by atoms with E-state index in [1.54, 1.807) is 29.2 Å². The van der Waals surface area contributed by atoms with E-state index in [1.165, 1.54) is 15.3 Å². The molecule has 0 atom stereocenters. The molecule has 0 spiro atoms. The molecule has 0 aliphatic heterocycles. The minimum atomic E-state index is 0.386. The predicted octanol–water partition coefficient (Wildman–Crippen LogP) is 5.68. The number of hydrogen-bond acceptors (Lipinski definition) is 4. The summed E-state index contributed by atoms with van der Waals surface area (Å²) in [4.78, 5) is 7.20. The van der Waals surface area contributed by atoms with Crippen molar-refractivity contribution < 1.29 is 5.11 Å². The number of hydrogen-bond donors (Lipinski definition) is 1. The van der Waals surface area contributed by atoms with Crippen LogP contribution in [0.1, 0.15) is 23.1 Å². The monoisotopic (exact) mass is 341 g/mol. The van der Waals surface area contributed by atoms with Gasteiger partial charge in [0.1, 0.15) is 10.8 Å². The van der Waals surface area contributed by atoms with Crippen LogP contribution in [0.15, 0.2) is 53.4 Å². The zero-order chi connectivity index (χ0) is 16.2. The minimum Gasteiger partial charge on any atom is -0.508 e. The van der Waals surface area contributed by atoms with Crippen LogP contribution in [0.25, 0.3) is 10.6 Å². The van der Waals surface area contributed by atoms with Crippen LogP contribution in [0.5, 0.6) is 5.75 Å². The first-order valence-corrected chi connectivity index (χ1v) is 9.44. The summed E-state index contributed by atoms with van der Waals surface area (Å²) in [7, 11) is 0. The van der Waals surface area contributed by atoms with E-state index in [1.807, 2.05) is 24.3 Å².